The third-order valence-corrected chi connectivity index (χ3v) is 2.70. The Morgan fingerprint density at radius 2 is 2.00 bits per heavy atom. The van der Waals surface area contributed by atoms with Crippen LogP contribution in [0, 0.1) is 0 Å². The number of anilines is 1. The number of nitrogens with two attached hydrogens (primary N) is 1. The lowest BCUT2D eigenvalue weighted by atomic mass is 9.90. The van der Waals surface area contributed by atoms with Crippen molar-refractivity contribution < 1.29 is 0 Å². The second kappa shape index (κ2) is 2.97. The molecule has 76 valence electrons. The van der Waals surface area contributed by atoms with Crippen LogP contribution in [0.25, 0.3) is 0 Å². The predicted molar refractivity (Wildman–Crippen MR) is 59.3 cm³/mol. The molecule has 0 aliphatic heterocycles. The quantitative estimate of drug-likeness (QED) is 0.739. The molecule has 1 saturated carbocycles. The number of nitrogens with zero attached hydrogens (tertiary/aromatic N) is 1. The Hall–Kier alpha value is -1.05. The summed E-state index contributed by atoms with van der Waals surface area (Å²) in [6, 6.07) is 2.10. The Kier molecular flexibility index (Phi) is 2.02. The lowest BCUT2D eigenvalue weighted by Crippen LogP contribution is -2.16. The zero-order valence-corrected chi connectivity index (χ0v) is 9.17. The summed E-state index contributed by atoms with van der Waals surface area (Å²) in [6.07, 6.45) is 4.60. The smallest absolute Gasteiger partial charge is 0.0686 e. The molecule has 0 amide bonds. The van der Waals surface area contributed by atoms with Crippen molar-refractivity contribution in [3.05, 3.63) is 23.5 Å². The Balaban J connectivity index is 2.35. The molecular formula is C12H18N2. The molecular weight excluding hydrogens is 172 g/mol. The van der Waals surface area contributed by atoms with E-state index in [2.05, 4.69) is 31.8 Å². The van der Waals surface area contributed by atoms with Crippen molar-refractivity contribution in [3.63, 3.8) is 0 Å². The van der Waals surface area contributed by atoms with Gasteiger partial charge < -0.3 is 5.73 Å². The Bertz CT molecular complexity index is 346. The summed E-state index contributed by atoms with van der Waals surface area (Å²) >= 11 is 0. The van der Waals surface area contributed by atoms with Gasteiger partial charge in [-0.1, -0.05) is 20.8 Å². The van der Waals surface area contributed by atoms with Gasteiger partial charge in [-0.15, -0.1) is 0 Å². The molecule has 0 bridgehead atoms. The summed E-state index contributed by atoms with van der Waals surface area (Å²) in [7, 11) is 0. The summed E-state index contributed by atoms with van der Waals surface area (Å²) in [5.74, 6) is 0.735. The minimum Gasteiger partial charge on any atom is -0.397 e. The molecule has 0 saturated heterocycles. The van der Waals surface area contributed by atoms with Crippen molar-refractivity contribution in [2.45, 2.75) is 44.9 Å². The van der Waals surface area contributed by atoms with Gasteiger partial charge in [0.25, 0.3) is 0 Å². The first-order valence-corrected chi connectivity index (χ1v) is 5.24. The Labute approximate surface area is 85.5 Å². The van der Waals surface area contributed by atoms with Crippen molar-refractivity contribution >= 4 is 5.69 Å². The van der Waals surface area contributed by atoms with E-state index in [4.69, 9.17) is 5.73 Å². The average molecular weight is 190 g/mol. The Morgan fingerprint density at radius 1 is 1.36 bits per heavy atom. The molecule has 0 atom stereocenters. The van der Waals surface area contributed by atoms with Gasteiger partial charge >= 0.3 is 0 Å². The molecule has 1 aliphatic carbocycles. The van der Waals surface area contributed by atoms with Crippen LogP contribution in [0.3, 0.4) is 0 Å². The fourth-order valence-electron chi connectivity index (χ4n) is 1.77. The molecule has 1 fully saturated rings. The van der Waals surface area contributed by atoms with Gasteiger partial charge in [0.1, 0.15) is 0 Å². The van der Waals surface area contributed by atoms with Gasteiger partial charge in [-0.2, -0.15) is 0 Å². The van der Waals surface area contributed by atoms with Crippen LogP contribution < -0.4 is 5.73 Å². The fraction of sp³-hybridized carbons (Fsp3) is 0.583. The number of aromatic nitrogens is 1. The SMILES string of the molecule is CC(C)(C)c1ncc(C2CC2)cc1N. The monoisotopic (exact) mass is 190 g/mol. The van der Waals surface area contributed by atoms with E-state index >= 15 is 0 Å². The number of hydrogen-bond donors (Lipinski definition) is 1. The second-order valence-electron chi connectivity index (χ2n) is 5.23. The van der Waals surface area contributed by atoms with Crippen LogP contribution in [0.4, 0.5) is 5.69 Å². The van der Waals surface area contributed by atoms with E-state index in [9.17, 15) is 0 Å². The second-order valence-corrected chi connectivity index (χ2v) is 5.23. The molecule has 2 rings (SSSR count). The zero-order chi connectivity index (χ0) is 10.3. The lowest BCUT2D eigenvalue weighted by molar-refractivity contribution is 0.571. The molecule has 0 radical (unpaired) electrons. The van der Waals surface area contributed by atoms with Crippen LogP contribution in [-0.2, 0) is 5.41 Å². The molecule has 1 aromatic heterocycles. The van der Waals surface area contributed by atoms with Crippen molar-refractivity contribution in [1.29, 1.82) is 0 Å². The van der Waals surface area contributed by atoms with E-state index in [1.165, 1.54) is 18.4 Å². The molecule has 0 spiro atoms. The van der Waals surface area contributed by atoms with Gasteiger partial charge in [0.05, 0.1) is 11.4 Å². The Morgan fingerprint density at radius 3 is 2.43 bits per heavy atom. The molecule has 0 aromatic carbocycles. The van der Waals surface area contributed by atoms with E-state index in [-0.39, 0.29) is 5.41 Å². The van der Waals surface area contributed by atoms with E-state index in [1.54, 1.807) is 0 Å². The third-order valence-electron chi connectivity index (χ3n) is 2.70. The van der Waals surface area contributed by atoms with E-state index in [0.29, 0.717) is 0 Å². The first-order valence-electron chi connectivity index (χ1n) is 5.24. The normalized spacial score (nSPS) is 17.1. The molecule has 0 unspecified atom stereocenters. The summed E-state index contributed by atoms with van der Waals surface area (Å²) < 4.78 is 0. The number of rotatable bonds is 1. The van der Waals surface area contributed by atoms with Crippen LogP contribution in [0.5, 0.6) is 0 Å². The molecule has 2 heteroatoms. The van der Waals surface area contributed by atoms with Crippen molar-refractivity contribution in [2.75, 3.05) is 5.73 Å². The maximum Gasteiger partial charge on any atom is 0.0686 e. The van der Waals surface area contributed by atoms with Gasteiger partial charge in [0, 0.05) is 11.6 Å². The van der Waals surface area contributed by atoms with E-state index in [1.807, 2.05) is 6.20 Å². The first kappa shape index (κ1) is 9.50. The number of nitrogen functional groups attached to an aromatic ring is 1. The zero-order valence-electron chi connectivity index (χ0n) is 9.17. The summed E-state index contributed by atoms with van der Waals surface area (Å²) in [6.45, 7) is 6.42. The molecule has 1 heterocycles. The van der Waals surface area contributed by atoms with Crippen LogP contribution >= 0.6 is 0 Å². The highest BCUT2D eigenvalue weighted by Crippen LogP contribution is 2.41. The van der Waals surface area contributed by atoms with Crippen LogP contribution in [-0.4, -0.2) is 4.98 Å². The summed E-state index contributed by atoms with van der Waals surface area (Å²) in [4.78, 5) is 4.49. The van der Waals surface area contributed by atoms with Crippen molar-refractivity contribution in [2.24, 2.45) is 0 Å². The molecule has 1 aliphatic rings. The van der Waals surface area contributed by atoms with Gasteiger partial charge in [0.2, 0.25) is 0 Å². The highest BCUT2D eigenvalue weighted by Gasteiger charge is 2.26. The molecule has 1 aromatic rings. The van der Waals surface area contributed by atoms with Crippen LogP contribution in [0.15, 0.2) is 12.3 Å². The largest absolute Gasteiger partial charge is 0.397 e. The minimum atomic E-state index is 0.0478. The van der Waals surface area contributed by atoms with Gasteiger partial charge in [0.15, 0.2) is 0 Å². The predicted octanol–water partition coefficient (Wildman–Crippen LogP) is 2.84. The van der Waals surface area contributed by atoms with Gasteiger partial charge in [-0.3, -0.25) is 4.98 Å². The summed E-state index contributed by atoms with van der Waals surface area (Å²) in [5.41, 5.74) is 9.24. The molecule has 2 nitrogen and oxygen atoms in total. The van der Waals surface area contributed by atoms with Gasteiger partial charge in [-0.05, 0) is 30.4 Å². The molecule has 2 N–H and O–H groups in total. The summed E-state index contributed by atoms with van der Waals surface area (Å²) in [5, 5.41) is 0. The van der Waals surface area contributed by atoms with Crippen LogP contribution in [0.2, 0.25) is 0 Å². The highest BCUT2D eigenvalue weighted by atomic mass is 14.8. The fourth-order valence-corrected chi connectivity index (χ4v) is 1.77. The number of hydrogen-bond acceptors (Lipinski definition) is 2. The minimum absolute atomic E-state index is 0.0478. The maximum atomic E-state index is 6.01. The highest BCUT2D eigenvalue weighted by molar-refractivity contribution is 5.49. The van der Waals surface area contributed by atoms with E-state index in [0.717, 1.165) is 17.3 Å². The number of pyridine rings is 1. The third kappa shape index (κ3) is 1.74. The average Bonchev–Trinajstić information content (AvgIpc) is 2.83. The first-order chi connectivity index (χ1) is 6.48. The van der Waals surface area contributed by atoms with Gasteiger partial charge in [-0.25, -0.2) is 0 Å². The topological polar surface area (TPSA) is 38.9 Å². The lowest BCUT2D eigenvalue weighted by Gasteiger charge is -2.20. The van der Waals surface area contributed by atoms with Crippen molar-refractivity contribution in [3.8, 4) is 0 Å². The maximum absolute atomic E-state index is 6.01. The van der Waals surface area contributed by atoms with Crippen molar-refractivity contribution in [1.82, 2.24) is 4.98 Å². The standard InChI is InChI=1S/C12H18N2/c1-12(2,3)11-10(13)6-9(7-14-11)8-4-5-8/h6-8H,4-5,13H2,1-3H3. The molecule has 14 heavy (non-hydrogen) atoms. The van der Waals surface area contributed by atoms with E-state index < -0.39 is 0 Å². The van der Waals surface area contributed by atoms with Crippen LogP contribution in [0.1, 0.15) is 50.8 Å².